The van der Waals surface area contributed by atoms with E-state index in [0.29, 0.717) is 0 Å². The van der Waals surface area contributed by atoms with E-state index in [2.05, 4.69) is 27.7 Å². The Balaban J connectivity index is 4.89. The van der Waals surface area contributed by atoms with Gasteiger partial charge in [0.1, 0.15) is 0 Å². The van der Waals surface area contributed by atoms with Crippen molar-refractivity contribution in [3.63, 3.8) is 0 Å². The molecule has 428 valence electrons. The molecule has 0 heterocycles. The fraction of sp³-hybridized carbons (Fsp3) is 1.00. The van der Waals surface area contributed by atoms with E-state index in [4.69, 9.17) is 0 Å². The minimum atomic E-state index is 1.37. The molecule has 0 saturated heterocycles. The van der Waals surface area contributed by atoms with E-state index in [1.165, 1.54) is 429 Å². The zero-order valence-corrected chi connectivity index (χ0v) is 51.1. The average molecular weight is 1000 g/mol. The van der Waals surface area contributed by atoms with Crippen molar-refractivity contribution < 1.29 is 4.48 Å². The molecule has 0 N–H and O–H groups in total. The van der Waals surface area contributed by atoms with Crippen molar-refractivity contribution in [3.8, 4) is 0 Å². The van der Waals surface area contributed by atoms with Gasteiger partial charge in [0.15, 0.2) is 0 Å². The van der Waals surface area contributed by atoms with Crippen LogP contribution in [0.4, 0.5) is 0 Å². The van der Waals surface area contributed by atoms with E-state index >= 15 is 0 Å². The molecule has 0 aromatic heterocycles. The van der Waals surface area contributed by atoms with Crippen molar-refractivity contribution in [3.05, 3.63) is 0 Å². The van der Waals surface area contributed by atoms with Gasteiger partial charge in [0.25, 0.3) is 0 Å². The van der Waals surface area contributed by atoms with Gasteiger partial charge in [-0.2, -0.15) is 0 Å². The molecule has 0 aliphatic carbocycles. The molecule has 1 nitrogen and oxygen atoms in total. The third-order valence-corrected chi connectivity index (χ3v) is 17.4. The molecule has 0 aromatic rings. The molecule has 0 spiro atoms. The van der Waals surface area contributed by atoms with Crippen molar-refractivity contribution >= 4 is 0 Å². The van der Waals surface area contributed by atoms with E-state index in [-0.39, 0.29) is 0 Å². The van der Waals surface area contributed by atoms with Gasteiger partial charge in [-0.1, -0.05) is 374 Å². The molecular formula is C70H144N+. The molecule has 71 heavy (non-hydrogen) atoms. The highest BCUT2D eigenvalue weighted by molar-refractivity contribution is 4.58. The number of nitrogens with zero attached hydrogens (tertiary/aromatic N) is 1. The molecule has 0 bridgehead atoms. The van der Waals surface area contributed by atoms with Crippen molar-refractivity contribution in [1.29, 1.82) is 0 Å². The van der Waals surface area contributed by atoms with Crippen LogP contribution in [0.2, 0.25) is 0 Å². The van der Waals surface area contributed by atoms with Gasteiger partial charge in [0, 0.05) is 0 Å². The van der Waals surface area contributed by atoms with Gasteiger partial charge in [0.2, 0.25) is 0 Å². The summed E-state index contributed by atoms with van der Waals surface area (Å²) in [5.41, 5.74) is 0. The highest BCUT2D eigenvalue weighted by atomic mass is 15.3. The minimum Gasteiger partial charge on any atom is -0.324 e. The Morgan fingerprint density at radius 3 is 0.296 bits per heavy atom. The summed E-state index contributed by atoms with van der Waals surface area (Å²) >= 11 is 0. The summed E-state index contributed by atoms with van der Waals surface area (Å²) in [6.07, 6.45) is 91.7. The van der Waals surface area contributed by atoms with Crippen LogP contribution in [-0.4, -0.2) is 30.7 Å². The highest BCUT2D eigenvalue weighted by Gasteiger charge is 2.26. The van der Waals surface area contributed by atoms with Crippen LogP contribution in [0.3, 0.4) is 0 Å². The summed E-state index contributed by atoms with van der Waals surface area (Å²) in [4.78, 5) is 0. The standard InChI is InChI=1S/C70H144N/c1-5-9-13-17-21-25-29-32-35-38-41-44-48-52-56-60-64-68-71(67-63-59-55-51-47-28-24-20-16-12-8-4,69-65-61-57-53-49-45-42-39-36-33-30-26-22-18-14-10-6-2)70-66-62-58-54-50-46-43-40-37-34-31-27-23-19-15-11-7-3/h5-70H2,1-4H3/q+1. The van der Waals surface area contributed by atoms with Crippen LogP contribution in [0.5, 0.6) is 0 Å². The van der Waals surface area contributed by atoms with E-state index in [1.54, 1.807) is 0 Å². The number of hydrogen-bond donors (Lipinski definition) is 0. The number of hydrogen-bond acceptors (Lipinski definition) is 0. The summed E-state index contributed by atoms with van der Waals surface area (Å²) in [6.45, 7) is 15.3. The van der Waals surface area contributed by atoms with Crippen LogP contribution < -0.4 is 0 Å². The molecular weight excluding hydrogens is 855 g/mol. The monoisotopic (exact) mass is 999 g/mol. The Bertz CT molecular complexity index is 801. The maximum Gasteiger partial charge on any atom is 0.0786 e. The Kier molecular flexibility index (Phi) is 64.2. The lowest BCUT2D eigenvalue weighted by molar-refractivity contribution is -0.929. The smallest absolute Gasteiger partial charge is 0.0786 e. The second-order valence-electron chi connectivity index (χ2n) is 24.7. The average Bonchev–Trinajstić information content (AvgIpc) is 3.38. The lowest BCUT2D eigenvalue weighted by Crippen LogP contribution is -2.50. The third kappa shape index (κ3) is 59.1. The minimum absolute atomic E-state index is 1.37. The summed E-state index contributed by atoms with van der Waals surface area (Å²) in [5, 5.41) is 0. The predicted molar refractivity (Wildman–Crippen MR) is 329 cm³/mol. The van der Waals surface area contributed by atoms with Gasteiger partial charge in [0.05, 0.1) is 26.2 Å². The van der Waals surface area contributed by atoms with Gasteiger partial charge in [-0.25, -0.2) is 0 Å². The molecule has 0 unspecified atom stereocenters. The number of quaternary nitrogens is 1. The first-order chi connectivity index (χ1) is 35.2. The largest absolute Gasteiger partial charge is 0.324 e. The second kappa shape index (κ2) is 64.2. The first kappa shape index (κ1) is 71.0. The lowest BCUT2D eigenvalue weighted by atomic mass is 10.0. The molecule has 0 aliphatic heterocycles. The van der Waals surface area contributed by atoms with Gasteiger partial charge in [-0.05, 0) is 51.4 Å². The van der Waals surface area contributed by atoms with Crippen LogP contribution in [0.15, 0.2) is 0 Å². The molecule has 0 atom stereocenters. The number of unbranched alkanes of at least 4 members (excludes halogenated alkanes) is 58. The van der Waals surface area contributed by atoms with Crippen LogP contribution in [-0.2, 0) is 0 Å². The van der Waals surface area contributed by atoms with E-state index in [9.17, 15) is 0 Å². The Morgan fingerprint density at radius 2 is 0.197 bits per heavy atom. The first-order valence-electron chi connectivity index (χ1n) is 35.1. The zero-order chi connectivity index (χ0) is 51.2. The molecule has 1 heteroatoms. The fourth-order valence-corrected chi connectivity index (χ4v) is 12.3. The third-order valence-electron chi connectivity index (χ3n) is 17.4. The van der Waals surface area contributed by atoms with Crippen LogP contribution in [0.1, 0.15) is 426 Å². The normalized spacial score (nSPS) is 12.0. The van der Waals surface area contributed by atoms with Crippen molar-refractivity contribution in [2.75, 3.05) is 26.2 Å². The van der Waals surface area contributed by atoms with Crippen LogP contribution in [0.25, 0.3) is 0 Å². The molecule has 0 rings (SSSR count). The Labute approximate surface area is 454 Å². The highest BCUT2D eigenvalue weighted by Crippen LogP contribution is 2.23. The van der Waals surface area contributed by atoms with Gasteiger partial charge < -0.3 is 4.48 Å². The van der Waals surface area contributed by atoms with Gasteiger partial charge >= 0.3 is 0 Å². The maximum absolute atomic E-state index is 2.35. The Hall–Kier alpha value is -0.0400. The number of rotatable bonds is 66. The van der Waals surface area contributed by atoms with Crippen LogP contribution in [0, 0.1) is 0 Å². The summed E-state index contributed by atoms with van der Waals surface area (Å²) in [5.74, 6) is 0. The van der Waals surface area contributed by atoms with Crippen molar-refractivity contribution in [2.45, 2.75) is 426 Å². The summed E-state index contributed by atoms with van der Waals surface area (Å²) in [7, 11) is 0. The van der Waals surface area contributed by atoms with Crippen LogP contribution >= 0.6 is 0 Å². The van der Waals surface area contributed by atoms with Crippen molar-refractivity contribution in [2.24, 2.45) is 0 Å². The fourth-order valence-electron chi connectivity index (χ4n) is 12.3. The topological polar surface area (TPSA) is 0 Å². The SMILES string of the molecule is CCCCCCCCCCCCCCCCCCC[N+](CCCCCCCCCCCCC)(CCCCCCCCCCCCCCCCCCC)CCCCCCCCCCCCCCCCCCC. The summed E-state index contributed by atoms with van der Waals surface area (Å²) in [6, 6.07) is 0. The maximum atomic E-state index is 2.35. The van der Waals surface area contributed by atoms with Gasteiger partial charge in [-0.15, -0.1) is 0 Å². The molecule has 0 fully saturated rings. The van der Waals surface area contributed by atoms with Gasteiger partial charge in [-0.3, -0.25) is 0 Å². The molecule has 0 aliphatic rings. The van der Waals surface area contributed by atoms with Crippen molar-refractivity contribution in [1.82, 2.24) is 0 Å². The molecule has 0 radical (unpaired) electrons. The van der Waals surface area contributed by atoms with E-state index in [0.717, 1.165) is 0 Å². The molecule has 0 aromatic carbocycles. The molecule has 0 saturated carbocycles. The quantitative estimate of drug-likeness (QED) is 0.0421. The lowest BCUT2D eigenvalue weighted by Gasteiger charge is -2.40. The van der Waals surface area contributed by atoms with E-state index in [1.807, 2.05) is 0 Å². The molecule has 0 amide bonds. The summed E-state index contributed by atoms with van der Waals surface area (Å²) < 4.78 is 1.49. The van der Waals surface area contributed by atoms with E-state index < -0.39 is 0 Å². The Morgan fingerprint density at radius 1 is 0.113 bits per heavy atom. The first-order valence-corrected chi connectivity index (χ1v) is 35.1. The second-order valence-corrected chi connectivity index (χ2v) is 24.7. The zero-order valence-electron chi connectivity index (χ0n) is 51.1. The predicted octanol–water partition coefficient (Wildman–Crippen LogP) is 26.1.